The molecule has 1 saturated carbocycles. The summed E-state index contributed by atoms with van der Waals surface area (Å²) >= 11 is 0. The molecule has 1 saturated heterocycles. The molecule has 0 aromatic carbocycles. The van der Waals surface area contributed by atoms with E-state index in [4.69, 9.17) is 4.74 Å². The maximum Gasteiger partial charge on any atom is 0.224 e. The van der Waals surface area contributed by atoms with Crippen LogP contribution in [0.3, 0.4) is 0 Å². The van der Waals surface area contributed by atoms with E-state index in [0.29, 0.717) is 18.1 Å². The van der Waals surface area contributed by atoms with Crippen molar-refractivity contribution in [2.24, 2.45) is 0 Å². The van der Waals surface area contributed by atoms with E-state index >= 15 is 0 Å². The van der Waals surface area contributed by atoms with E-state index in [9.17, 15) is 0 Å². The van der Waals surface area contributed by atoms with Crippen molar-refractivity contribution in [3.63, 3.8) is 0 Å². The van der Waals surface area contributed by atoms with Crippen molar-refractivity contribution in [2.75, 3.05) is 23.8 Å². The van der Waals surface area contributed by atoms with Crippen molar-refractivity contribution in [3.8, 4) is 0 Å². The van der Waals surface area contributed by atoms with Crippen LogP contribution < -0.4 is 10.6 Å². The number of nitrogens with one attached hydrogen (secondary N) is 2. The lowest BCUT2D eigenvalue weighted by Crippen LogP contribution is -2.21. The summed E-state index contributed by atoms with van der Waals surface area (Å²) in [6.07, 6.45) is 12.3. The first-order valence-electron chi connectivity index (χ1n) is 8.35. The summed E-state index contributed by atoms with van der Waals surface area (Å²) in [5.41, 5.74) is 0. The first-order valence-corrected chi connectivity index (χ1v) is 8.35. The maximum atomic E-state index is 5.61. The molecule has 2 aliphatic rings. The Bertz CT molecular complexity index is 426. The van der Waals surface area contributed by atoms with Gasteiger partial charge in [0.25, 0.3) is 0 Å². The zero-order valence-electron chi connectivity index (χ0n) is 12.7. The molecule has 5 nitrogen and oxygen atoms in total. The number of nitrogens with zero attached hydrogens (tertiary/aromatic N) is 2. The van der Waals surface area contributed by atoms with E-state index in [1.165, 1.54) is 38.5 Å². The van der Waals surface area contributed by atoms with E-state index in [2.05, 4.69) is 20.6 Å². The predicted molar refractivity (Wildman–Crippen MR) is 84.6 cm³/mol. The van der Waals surface area contributed by atoms with Gasteiger partial charge in [-0.2, -0.15) is 4.98 Å². The van der Waals surface area contributed by atoms with Gasteiger partial charge in [0.05, 0.1) is 6.10 Å². The summed E-state index contributed by atoms with van der Waals surface area (Å²) in [5, 5.41) is 6.86. The van der Waals surface area contributed by atoms with Crippen LogP contribution in [0.2, 0.25) is 0 Å². The Kier molecular flexibility index (Phi) is 5.27. The fourth-order valence-electron chi connectivity index (χ4n) is 3.17. The average Bonchev–Trinajstić information content (AvgIpc) is 2.90. The van der Waals surface area contributed by atoms with Gasteiger partial charge < -0.3 is 15.4 Å². The lowest BCUT2D eigenvalue weighted by Gasteiger charge is -2.17. The topological polar surface area (TPSA) is 59.1 Å². The van der Waals surface area contributed by atoms with E-state index < -0.39 is 0 Å². The van der Waals surface area contributed by atoms with Crippen LogP contribution in [0.15, 0.2) is 12.3 Å². The molecular weight excluding hydrogens is 264 g/mol. The van der Waals surface area contributed by atoms with Crippen molar-refractivity contribution in [2.45, 2.75) is 63.5 Å². The zero-order chi connectivity index (χ0) is 14.3. The molecule has 2 N–H and O–H groups in total. The van der Waals surface area contributed by atoms with Gasteiger partial charge >= 0.3 is 0 Å². The monoisotopic (exact) mass is 290 g/mol. The molecule has 0 radical (unpaired) electrons. The Hall–Kier alpha value is -1.36. The lowest BCUT2D eigenvalue weighted by molar-refractivity contribution is 0.120. The molecular formula is C16H26N4O. The third-order valence-electron chi connectivity index (χ3n) is 4.37. The Morgan fingerprint density at radius 1 is 1.10 bits per heavy atom. The summed E-state index contributed by atoms with van der Waals surface area (Å²) in [6, 6.07) is 2.52. The first-order chi connectivity index (χ1) is 10.4. The molecule has 2 heterocycles. The third-order valence-corrected chi connectivity index (χ3v) is 4.37. The highest BCUT2D eigenvalue weighted by atomic mass is 16.5. The van der Waals surface area contributed by atoms with Crippen molar-refractivity contribution < 1.29 is 4.74 Å². The standard InChI is InChI=1S/C16H26N4O/c1-2-4-7-13(6-3-1)19-15-9-10-17-16(20-15)18-12-14-8-5-11-21-14/h9-10,13-14H,1-8,11-12H2,(H2,17,18,19,20). The smallest absolute Gasteiger partial charge is 0.224 e. The Labute approximate surface area is 126 Å². The highest BCUT2D eigenvalue weighted by Crippen LogP contribution is 2.20. The van der Waals surface area contributed by atoms with Gasteiger partial charge in [-0.15, -0.1) is 0 Å². The first kappa shape index (κ1) is 14.6. The minimum absolute atomic E-state index is 0.312. The van der Waals surface area contributed by atoms with Crippen LogP contribution in [0, 0.1) is 0 Å². The molecule has 0 amide bonds. The van der Waals surface area contributed by atoms with Crippen LogP contribution in [-0.2, 0) is 4.74 Å². The van der Waals surface area contributed by atoms with Crippen LogP contribution in [0.4, 0.5) is 11.8 Å². The van der Waals surface area contributed by atoms with Gasteiger partial charge in [-0.25, -0.2) is 4.98 Å². The van der Waals surface area contributed by atoms with Crippen LogP contribution in [-0.4, -0.2) is 35.3 Å². The number of anilines is 2. The van der Waals surface area contributed by atoms with Gasteiger partial charge in [0.2, 0.25) is 5.95 Å². The second-order valence-electron chi connectivity index (χ2n) is 6.11. The highest BCUT2D eigenvalue weighted by molar-refractivity contribution is 5.40. The van der Waals surface area contributed by atoms with Gasteiger partial charge in [0, 0.05) is 25.4 Å². The van der Waals surface area contributed by atoms with Gasteiger partial charge in [0.15, 0.2) is 0 Å². The third kappa shape index (κ3) is 4.56. The number of rotatable bonds is 5. The molecule has 1 aromatic rings. The molecule has 3 rings (SSSR count). The summed E-state index contributed by atoms with van der Waals surface area (Å²) in [4.78, 5) is 8.86. The van der Waals surface area contributed by atoms with Gasteiger partial charge in [-0.1, -0.05) is 25.7 Å². The summed E-state index contributed by atoms with van der Waals surface area (Å²) in [6.45, 7) is 1.68. The molecule has 1 atom stereocenters. The second kappa shape index (κ2) is 7.59. The number of hydrogen-bond acceptors (Lipinski definition) is 5. The quantitative estimate of drug-likeness (QED) is 0.816. The summed E-state index contributed by atoms with van der Waals surface area (Å²) in [7, 11) is 0. The SMILES string of the molecule is c1cc(NC2CCCCCC2)nc(NCC2CCCO2)n1. The van der Waals surface area contributed by atoms with Crippen LogP contribution in [0.5, 0.6) is 0 Å². The molecule has 5 heteroatoms. The molecule has 0 spiro atoms. The molecule has 1 aliphatic carbocycles. The Morgan fingerprint density at radius 2 is 1.95 bits per heavy atom. The molecule has 116 valence electrons. The van der Waals surface area contributed by atoms with Crippen molar-refractivity contribution in [1.29, 1.82) is 0 Å². The van der Waals surface area contributed by atoms with Crippen molar-refractivity contribution >= 4 is 11.8 Å². The molecule has 2 fully saturated rings. The number of ether oxygens (including phenoxy) is 1. The van der Waals surface area contributed by atoms with Crippen molar-refractivity contribution in [3.05, 3.63) is 12.3 Å². The van der Waals surface area contributed by atoms with Crippen LogP contribution in [0.25, 0.3) is 0 Å². The number of hydrogen-bond donors (Lipinski definition) is 2. The van der Waals surface area contributed by atoms with Crippen LogP contribution >= 0.6 is 0 Å². The van der Waals surface area contributed by atoms with Gasteiger partial charge in [0.1, 0.15) is 5.82 Å². The van der Waals surface area contributed by atoms with Gasteiger partial charge in [-0.05, 0) is 31.7 Å². The predicted octanol–water partition coefficient (Wildman–Crippen LogP) is 3.20. The summed E-state index contributed by atoms with van der Waals surface area (Å²) in [5.74, 6) is 1.64. The largest absolute Gasteiger partial charge is 0.376 e. The highest BCUT2D eigenvalue weighted by Gasteiger charge is 2.16. The zero-order valence-corrected chi connectivity index (χ0v) is 12.7. The lowest BCUT2D eigenvalue weighted by atomic mass is 10.1. The Morgan fingerprint density at radius 3 is 2.71 bits per heavy atom. The maximum absolute atomic E-state index is 5.61. The normalized spacial score (nSPS) is 23.7. The van der Waals surface area contributed by atoms with E-state index in [-0.39, 0.29) is 0 Å². The molecule has 1 unspecified atom stereocenters. The van der Waals surface area contributed by atoms with E-state index in [1.54, 1.807) is 0 Å². The van der Waals surface area contributed by atoms with Gasteiger partial charge in [-0.3, -0.25) is 0 Å². The minimum atomic E-state index is 0.312. The molecule has 1 aliphatic heterocycles. The average molecular weight is 290 g/mol. The molecule has 1 aromatic heterocycles. The fraction of sp³-hybridized carbons (Fsp3) is 0.750. The fourth-order valence-corrected chi connectivity index (χ4v) is 3.17. The molecule has 21 heavy (non-hydrogen) atoms. The number of aromatic nitrogens is 2. The van der Waals surface area contributed by atoms with E-state index in [1.807, 2.05) is 12.3 Å². The molecule has 0 bridgehead atoms. The minimum Gasteiger partial charge on any atom is -0.376 e. The second-order valence-corrected chi connectivity index (χ2v) is 6.11. The summed E-state index contributed by atoms with van der Waals surface area (Å²) < 4.78 is 5.61. The van der Waals surface area contributed by atoms with Crippen LogP contribution in [0.1, 0.15) is 51.4 Å². The van der Waals surface area contributed by atoms with Crippen molar-refractivity contribution in [1.82, 2.24) is 9.97 Å². The van der Waals surface area contributed by atoms with E-state index in [0.717, 1.165) is 31.8 Å². The Balaban J connectivity index is 1.52.